The van der Waals surface area contributed by atoms with Crippen molar-refractivity contribution in [1.82, 2.24) is 4.57 Å². The Kier molecular flexibility index (Phi) is 6.81. The second-order valence-corrected chi connectivity index (χ2v) is 7.85. The number of carbonyl (C=O) groups is 4. The summed E-state index contributed by atoms with van der Waals surface area (Å²) in [5.41, 5.74) is 3.90. The number of aryl methyl sites for hydroxylation is 1. The van der Waals surface area contributed by atoms with Crippen LogP contribution in [0.4, 0.5) is 5.69 Å². The number of carbonyl (C=O) groups excluding carboxylic acids is 4. The molecule has 1 unspecified atom stereocenters. The number of rotatable bonds is 7. The molecule has 1 aromatic carbocycles. The van der Waals surface area contributed by atoms with E-state index in [0.29, 0.717) is 29.8 Å². The van der Waals surface area contributed by atoms with E-state index < -0.39 is 18.0 Å². The van der Waals surface area contributed by atoms with Crippen LogP contribution in [0.3, 0.4) is 0 Å². The summed E-state index contributed by atoms with van der Waals surface area (Å²) in [7, 11) is 0. The molecule has 3 rings (SSSR count). The van der Waals surface area contributed by atoms with Crippen LogP contribution in [-0.2, 0) is 32.0 Å². The van der Waals surface area contributed by atoms with E-state index in [1.807, 2.05) is 0 Å². The van der Waals surface area contributed by atoms with Crippen molar-refractivity contribution in [3.8, 4) is 0 Å². The Morgan fingerprint density at radius 2 is 1.84 bits per heavy atom. The number of fused-ring (bicyclic) bond motifs is 1. The highest BCUT2D eigenvalue weighted by Crippen LogP contribution is 2.29. The SMILES string of the molecule is CCOC(=O)c1cc(C)n(CC(=O)OC(C)C(=O)c2ccc3c(c2)CCN3C(C)=O)c1C. The van der Waals surface area contributed by atoms with Gasteiger partial charge in [-0.15, -0.1) is 0 Å². The van der Waals surface area contributed by atoms with Crippen LogP contribution in [0.15, 0.2) is 24.3 Å². The number of nitrogens with zero attached hydrogens (tertiary/aromatic N) is 2. The monoisotopic (exact) mass is 440 g/mol. The van der Waals surface area contributed by atoms with Crippen LogP contribution < -0.4 is 4.90 Å². The highest BCUT2D eigenvalue weighted by atomic mass is 16.5. The van der Waals surface area contributed by atoms with Gasteiger partial charge in [0.2, 0.25) is 11.7 Å². The molecule has 1 amide bonds. The molecule has 1 aliphatic heterocycles. The zero-order valence-electron chi connectivity index (χ0n) is 19.1. The number of amides is 1. The maximum atomic E-state index is 12.8. The maximum Gasteiger partial charge on any atom is 0.339 e. The molecule has 0 saturated carbocycles. The molecular formula is C24H28N2O6. The number of aromatic nitrogens is 1. The molecular weight excluding hydrogens is 412 g/mol. The van der Waals surface area contributed by atoms with E-state index in [1.165, 1.54) is 13.8 Å². The Bertz CT molecular complexity index is 1080. The first-order valence-electron chi connectivity index (χ1n) is 10.6. The number of esters is 2. The molecule has 8 heteroatoms. The Labute approximate surface area is 187 Å². The van der Waals surface area contributed by atoms with Crippen LogP contribution >= 0.6 is 0 Å². The normalized spacial score (nSPS) is 13.5. The van der Waals surface area contributed by atoms with Gasteiger partial charge < -0.3 is 18.9 Å². The zero-order valence-corrected chi connectivity index (χ0v) is 19.1. The molecule has 1 aliphatic rings. The molecule has 1 atom stereocenters. The molecule has 2 heterocycles. The average molecular weight is 440 g/mol. The van der Waals surface area contributed by atoms with E-state index in [0.717, 1.165) is 16.9 Å². The van der Waals surface area contributed by atoms with Gasteiger partial charge in [0.15, 0.2) is 6.10 Å². The molecule has 0 N–H and O–H groups in total. The van der Waals surface area contributed by atoms with E-state index in [4.69, 9.17) is 9.47 Å². The fraction of sp³-hybridized carbons (Fsp3) is 0.417. The van der Waals surface area contributed by atoms with Gasteiger partial charge in [0.05, 0.1) is 12.2 Å². The second-order valence-electron chi connectivity index (χ2n) is 7.85. The van der Waals surface area contributed by atoms with E-state index in [-0.39, 0.29) is 24.8 Å². The number of ketones is 1. The minimum atomic E-state index is -0.966. The summed E-state index contributed by atoms with van der Waals surface area (Å²) in [4.78, 5) is 50.8. The summed E-state index contributed by atoms with van der Waals surface area (Å²) < 4.78 is 12.1. The highest BCUT2D eigenvalue weighted by Gasteiger charge is 2.26. The number of hydrogen-bond acceptors (Lipinski definition) is 6. The van der Waals surface area contributed by atoms with Crippen LogP contribution in [0.1, 0.15) is 58.4 Å². The molecule has 0 fully saturated rings. The minimum absolute atomic E-state index is 0.0353. The smallest absolute Gasteiger partial charge is 0.339 e. The van der Waals surface area contributed by atoms with Gasteiger partial charge in [-0.05, 0) is 63.9 Å². The third-order valence-electron chi connectivity index (χ3n) is 5.67. The summed E-state index contributed by atoms with van der Waals surface area (Å²) >= 11 is 0. The van der Waals surface area contributed by atoms with Crippen molar-refractivity contribution in [2.45, 2.75) is 53.7 Å². The van der Waals surface area contributed by atoms with Crippen molar-refractivity contribution < 1.29 is 28.7 Å². The summed E-state index contributed by atoms with van der Waals surface area (Å²) in [5, 5.41) is 0. The molecule has 32 heavy (non-hydrogen) atoms. The molecule has 0 bridgehead atoms. The van der Waals surface area contributed by atoms with Crippen LogP contribution in [0.25, 0.3) is 0 Å². The molecule has 0 spiro atoms. The predicted octanol–water partition coefficient (Wildman–Crippen LogP) is 3.01. The van der Waals surface area contributed by atoms with Crippen molar-refractivity contribution in [2.75, 3.05) is 18.1 Å². The van der Waals surface area contributed by atoms with Gasteiger partial charge in [0.1, 0.15) is 6.54 Å². The van der Waals surface area contributed by atoms with Gasteiger partial charge >= 0.3 is 11.9 Å². The number of ether oxygens (including phenoxy) is 2. The van der Waals surface area contributed by atoms with Crippen molar-refractivity contribution >= 4 is 29.3 Å². The van der Waals surface area contributed by atoms with E-state index in [9.17, 15) is 19.2 Å². The molecule has 0 radical (unpaired) electrons. The van der Waals surface area contributed by atoms with Crippen molar-refractivity contribution in [3.63, 3.8) is 0 Å². The largest absolute Gasteiger partial charge is 0.462 e. The maximum absolute atomic E-state index is 12.8. The van der Waals surface area contributed by atoms with Crippen molar-refractivity contribution in [3.05, 3.63) is 52.3 Å². The third-order valence-corrected chi connectivity index (χ3v) is 5.67. The Hall–Kier alpha value is -3.42. The lowest BCUT2D eigenvalue weighted by Gasteiger charge is -2.16. The number of hydrogen-bond donors (Lipinski definition) is 0. The van der Waals surface area contributed by atoms with E-state index in [2.05, 4.69) is 0 Å². The van der Waals surface area contributed by atoms with E-state index in [1.54, 1.807) is 54.5 Å². The summed E-state index contributed by atoms with van der Waals surface area (Å²) in [6, 6.07) is 6.84. The average Bonchev–Trinajstić information content (AvgIpc) is 3.29. The number of benzene rings is 1. The molecule has 8 nitrogen and oxygen atoms in total. The van der Waals surface area contributed by atoms with Crippen LogP contribution in [-0.4, -0.2) is 47.5 Å². The molecule has 0 saturated heterocycles. The predicted molar refractivity (Wildman–Crippen MR) is 118 cm³/mol. The lowest BCUT2D eigenvalue weighted by Crippen LogP contribution is -2.27. The number of Topliss-reactive ketones (excluding diaryl/α,β-unsaturated/α-hetero) is 1. The van der Waals surface area contributed by atoms with Gasteiger partial charge in [-0.1, -0.05) is 0 Å². The zero-order chi connectivity index (χ0) is 23.6. The van der Waals surface area contributed by atoms with Crippen LogP contribution in [0, 0.1) is 13.8 Å². The molecule has 0 aliphatic carbocycles. The van der Waals surface area contributed by atoms with Gasteiger partial charge in [0.25, 0.3) is 0 Å². The first-order valence-corrected chi connectivity index (χ1v) is 10.6. The van der Waals surface area contributed by atoms with Crippen molar-refractivity contribution in [1.29, 1.82) is 0 Å². The first kappa shape index (κ1) is 23.2. The lowest BCUT2D eigenvalue weighted by molar-refractivity contribution is -0.147. The molecule has 1 aromatic heterocycles. The fourth-order valence-corrected chi connectivity index (χ4v) is 3.99. The standard InChI is InChI=1S/C24H28N2O6/c1-6-31-24(30)20-11-14(2)26(15(20)3)13-22(28)32-16(4)23(29)19-7-8-21-18(12-19)9-10-25(21)17(5)27/h7-8,11-12,16H,6,9-10,13H2,1-5H3. The van der Waals surface area contributed by atoms with Gasteiger partial charge in [-0.25, -0.2) is 4.79 Å². The minimum Gasteiger partial charge on any atom is -0.462 e. The summed E-state index contributed by atoms with van der Waals surface area (Å²) in [6.07, 6.45) is -0.286. The Morgan fingerprint density at radius 3 is 2.50 bits per heavy atom. The van der Waals surface area contributed by atoms with Gasteiger partial charge in [-0.3, -0.25) is 14.4 Å². The quantitative estimate of drug-likeness (QED) is 0.485. The third kappa shape index (κ3) is 4.59. The Balaban J connectivity index is 1.67. The van der Waals surface area contributed by atoms with Crippen LogP contribution in [0.5, 0.6) is 0 Å². The van der Waals surface area contributed by atoms with Gasteiger partial charge in [0, 0.05) is 36.1 Å². The summed E-state index contributed by atoms with van der Waals surface area (Å²) in [6.45, 7) is 9.03. The molecule has 170 valence electrons. The molecule has 2 aromatic rings. The fourth-order valence-electron chi connectivity index (χ4n) is 3.99. The summed E-state index contributed by atoms with van der Waals surface area (Å²) in [5.74, 6) is -1.36. The number of anilines is 1. The topological polar surface area (TPSA) is 94.9 Å². The lowest BCUT2D eigenvalue weighted by atomic mass is 10.0. The van der Waals surface area contributed by atoms with Gasteiger partial charge in [-0.2, -0.15) is 0 Å². The second kappa shape index (κ2) is 9.38. The Morgan fingerprint density at radius 1 is 1.12 bits per heavy atom. The highest BCUT2D eigenvalue weighted by molar-refractivity contribution is 6.02. The van der Waals surface area contributed by atoms with Crippen molar-refractivity contribution in [2.24, 2.45) is 0 Å². The van der Waals surface area contributed by atoms with Crippen LogP contribution in [0.2, 0.25) is 0 Å². The first-order chi connectivity index (χ1) is 15.1. The van der Waals surface area contributed by atoms with E-state index >= 15 is 0 Å².